The first kappa shape index (κ1) is 15.9. The van der Waals surface area contributed by atoms with Crippen LogP contribution >= 0.6 is 11.8 Å². The standard InChI is InChI=1S/C16H21N5OS/c1-13-4-8-20(9-10-23-13)16(22)18-12-14-3-6-17-15(11-14)21-7-2-5-19-21/h2-3,5-7,11,13H,4,8-10,12H2,1H3,(H,18,22)/t13-/m1/s1. The monoisotopic (exact) mass is 331 g/mol. The minimum absolute atomic E-state index is 0.0113. The van der Waals surface area contributed by atoms with Gasteiger partial charge in [-0.15, -0.1) is 0 Å². The summed E-state index contributed by atoms with van der Waals surface area (Å²) >= 11 is 1.94. The highest BCUT2D eigenvalue weighted by molar-refractivity contribution is 7.99. The molecule has 1 fully saturated rings. The highest BCUT2D eigenvalue weighted by Crippen LogP contribution is 2.18. The largest absolute Gasteiger partial charge is 0.334 e. The zero-order valence-corrected chi connectivity index (χ0v) is 14.0. The maximum Gasteiger partial charge on any atom is 0.317 e. The molecule has 0 aromatic carbocycles. The van der Waals surface area contributed by atoms with E-state index in [0.29, 0.717) is 11.8 Å². The summed E-state index contributed by atoms with van der Waals surface area (Å²) in [6.45, 7) is 4.36. The smallest absolute Gasteiger partial charge is 0.317 e. The molecule has 0 saturated carbocycles. The van der Waals surface area contributed by atoms with Crippen LogP contribution in [0.2, 0.25) is 0 Å². The molecule has 0 bridgehead atoms. The molecule has 23 heavy (non-hydrogen) atoms. The summed E-state index contributed by atoms with van der Waals surface area (Å²) in [5.74, 6) is 1.76. The van der Waals surface area contributed by atoms with E-state index in [0.717, 1.165) is 36.6 Å². The number of hydrogen-bond acceptors (Lipinski definition) is 4. The van der Waals surface area contributed by atoms with Crippen molar-refractivity contribution in [2.75, 3.05) is 18.8 Å². The number of nitrogens with one attached hydrogen (secondary N) is 1. The zero-order chi connectivity index (χ0) is 16.1. The van der Waals surface area contributed by atoms with Crippen LogP contribution in [0.5, 0.6) is 0 Å². The van der Waals surface area contributed by atoms with Gasteiger partial charge in [0.05, 0.1) is 0 Å². The Morgan fingerprint density at radius 2 is 2.35 bits per heavy atom. The molecule has 2 amide bonds. The lowest BCUT2D eigenvalue weighted by molar-refractivity contribution is 0.201. The number of amides is 2. The first-order valence-corrected chi connectivity index (χ1v) is 8.86. The van der Waals surface area contributed by atoms with Crippen molar-refractivity contribution >= 4 is 17.8 Å². The van der Waals surface area contributed by atoms with Crippen LogP contribution in [0, 0.1) is 0 Å². The van der Waals surface area contributed by atoms with Crippen molar-refractivity contribution in [3.05, 3.63) is 42.4 Å². The van der Waals surface area contributed by atoms with Crippen molar-refractivity contribution in [2.45, 2.75) is 25.1 Å². The van der Waals surface area contributed by atoms with E-state index in [1.54, 1.807) is 17.1 Å². The third kappa shape index (κ3) is 4.25. The van der Waals surface area contributed by atoms with Gasteiger partial charge in [0.15, 0.2) is 5.82 Å². The van der Waals surface area contributed by atoms with Crippen LogP contribution in [-0.2, 0) is 6.54 Å². The summed E-state index contributed by atoms with van der Waals surface area (Å²) in [6, 6.07) is 5.72. The number of carbonyl (C=O) groups is 1. The Labute approximate surface area is 140 Å². The van der Waals surface area contributed by atoms with E-state index in [4.69, 9.17) is 0 Å². The van der Waals surface area contributed by atoms with E-state index < -0.39 is 0 Å². The molecule has 1 aliphatic rings. The minimum atomic E-state index is 0.0113. The molecule has 1 aliphatic heterocycles. The SMILES string of the molecule is C[C@@H]1CCN(C(=O)NCc2ccnc(-n3cccn3)c2)CCS1. The van der Waals surface area contributed by atoms with Crippen LogP contribution < -0.4 is 5.32 Å². The number of urea groups is 1. The number of carbonyl (C=O) groups excluding carboxylic acids is 1. The van der Waals surface area contributed by atoms with Crippen LogP contribution in [-0.4, -0.2) is 49.8 Å². The van der Waals surface area contributed by atoms with Crippen molar-refractivity contribution in [3.63, 3.8) is 0 Å². The van der Waals surface area contributed by atoms with E-state index in [1.807, 2.05) is 41.1 Å². The highest BCUT2D eigenvalue weighted by atomic mass is 32.2. The van der Waals surface area contributed by atoms with Crippen molar-refractivity contribution < 1.29 is 4.79 Å². The molecule has 3 rings (SSSR count). The molecule has 7 heteroatoms. The Balaban J connectivity index is 1.57. The quantitative estimate of drug-likeness (QED) is 0.937. The number of aromatic nitrogens is 3. The number of nitrogens with zero attached hydrogens (tertiary/aromatic N) is 4. The molecule has 1 atom stereocenters. The van der Waals surface area contributed by atoms with Crippen LogP contribution in [0.25, 0.3) is 5.82 Å². The second-order valence-electron chi connectivity index (χ2n) is 5.59. The molecule has 1 N–H and O–H groups in total. The third-order valence-corrected chi connectivity index (χ3v) is 5.07. The number of hydrogen-bond donors (Lipinski definition) is 1. The van der Waals surface area contributed by atoms with Crippen LogP contribution in [0.4, 0.5) is 4.79 Å². The van der Waals surface area contributed by atoms with Crippen molar-refractivity contribution in [1.82, 2.24) is 25.0 Å². The number of rotatable bonds is 3. The number of pyridine rings is 1. The van der Waals surface area contributed by atoms with Gasteiger partial charge < -0.3 is 10.2 Å². The molecule has 2 aromatic rings. The van der Waals surface area contributed by atoms with E-state index >= 15 is 0 Å². The van der Waals surface area contributed by atoms with Gasteiger partial charge in [-0.3, -0.25) is 0 Å². The van der Waals surface area contributed by atoms with Crippen molar-refractivity contribution in [1.29, 1.82) is 0 Å². The Hall–Kier alpha value is -2.02. The summed E-state index contributed by atoms with van der Waals surface area (Å²) in [5, 5.41) is 7.80. The second-order valence-corrected chi connectivity index (χ2v) is 7.14. The van der Waals surface area contributed by atoms with Crippen molar-refractivity contribution in [3.8, 4) is 5.82 Å². The van der Waals surface area contributed by atoms with E-state index in [9.17, 15) is 4.79 Å². The Morgan fingerprint density at radius 1 is 1.43 bits per heavy atom. The fourth-order valence-electron chi connectivity index (χ4n) is 2.49. The van der Waals surface area contributed by atoms with Gasteiger partial charge in [-0.1, -0.05) is 6.92 Å². The van der Waals surface area contributed by atoms with Gasteiger partial charge in [0.25, 0.3) is 0 Å². The third-order valence-electron chi connectivity index (χ3n) is 3.85. The van der Waals surface area contributed by atoms with Gasteiger partial charge >= 0.3 is 6.03 Å². The molecule has 2 aromatic heterocycles. The van der Waals surface area contributed by atoms with Crippen LogP contribution in [0.15, 0.2) is 36.8 Å². The van der Waals surface area contributed by atoms with Gasteiger partial charge in [0, 0.05) is 49.2 Å². The van der Waals surface area contributed by atoms with Crippen LogP contribution in [0.1, 0.15) is 18.9 Å². The molecule has 0 spiro atoms. The Kier molecular flexibility index (Phi) is 5.17. The second kappa shape index (κ2) is 7.50. The predicted octanol–water partition coefficient (Wildman–Crippen LogP) is 2.30. The van der Waals surface area contributed by atoms with Gasteiger partial charge in [-0.25, -0.2) is 14.5 Å². The lowest BCUT2D eigenvalue weighted by Gasteiger charge is -2.20. The molecule has 0 unspecified atom stereocenters. The van der Waals surface area contributed by atoms with E-state index in [2.05, 4.69) is 22.3 Å². The first-order valence-electron chi connectivity index (χ1n) is 7.82. The molecule has 0 aliphatic carbocycles. The van der Waals surface area contributed by atoms with Crippen molar-refractivity contribution in [2.24, 2.45) is 0 Å². The van der Waals surface area contributed by atoms with Crippen LogP contribution in [0.3, 0.4) is 0 Å². The summed E-state index contributed by atoms with van der Waals surface area (Å²) < 4.78 is 1.71. The Bertz CT molecular complexity index is 646. The van der Waals surface area contributed by atoms with E-state index in [1.165, 1.54) is 0 Å². The summed E-state index contributed by atoms with van der Waals surface area (Å²) in [7, 11) is 0. The summed E-state index contributed by atoms with van der Waals surface area (Å²) in [4.78, 5) is 18.5. The average molecular weight is 331 g/mol. The number of thioether (sulfide) groups is 1. The molecule has 122 valence electrons. The average Bonchev–Trinajstić information content (AvgIpc) is 3.02. The fraction of sp³-hybridized carbons (Fsp3) is 0.438. The summed E-state index contributed by atoms with van der Waals surface area (Å²) in [5.41, 5.74) is 1.01. The maximum absolute atomic E-state index is 12.3. The normalized spacial score (nSPS) is 18.5. The van der Waals surface area contributed by atoms with Gasteiger partial charge in [-0.2, -0.15) is 16.9 Å². The van der Waals surface area contributed by atoms with E-state index in [-0.39, 0.29) is 6.03 Å². The van der Waals surface area contributed by atoms with Gasteiger partial charge in [0.1, 0.15) is 0 Å². The fourth-order valence-corrected chi connectivity index (χ4v) is 3.49. The first-order chi connectivity index (χ1) is 11.2. The molecular formula is C16H21N5OS. The molecule has 3 heterocycles. The highest BCUT2D eigenvalue weighted by Gasteiger charge is 2.18. The summed E-state index contributed by atoms with van der Waals surface area (Å²) in [6.07, 6.45) is 6.36. The molecular weight excluding hydrogens is 310 g/mol. The van der Waals surface area contributed by atoms with Gasteiger partial charge in [-0.05, 0) is 30.2 Å². The lowest BCUT2D eigenvalue weighted by atomic mass is 10.2. The Morgan fingerprint density at radius 3 is 3.17 bits per heavy atom. The predicted molar refractivity (Wildman–Crippen MR) is 91.7 cm³/mol. The minimum Gasteiger partial charge on any atom is -0.334 e. The topological polar surface area (TPSA) is 63.1 Å². The molecule has 1 saturated heterocycles. The van der Waals surface area contributed by atoms with Gasteiger partial charge in [0.2, 0.25) is 0 Å². The maximum atomic E-state index is 12.3. The lowest BCUT2D eigenvalue weighted by Crippen LogP contribution is -2.40. The molecule has 6 nitrogen and oxygen atoms in total. The molecule has 0 radical (unpaired) electrons. The zero-order valence-electron chi connectivity index (χ0n) is 13.2.